The van der Waals surface area contributed by atoms with Crippen LogP contribution in [-0.2, 0) is 0 Å². The molecular weight excluding hydrogens is 210 g/mol. The zero-order chi connectivity index (χ0) is 10.8. The summed E-state index contributed by atoms with van der Waals surface area (Å²) in [5, 5.41) is 9.52. The second-order valence-electron chi connectivity index (χ2n) is 3.45. The van der Waals surface area contributed by atoms with E-state index < -0.39 is 0 Å². The van der Waals surface area contributed by atoms with Crippen molar-refractivity contribution in [2.24, 2.45) is 5.73 Å². The molecule has 0 saturated carbocycles. The predicted molar refractivity (Wildman–Crippen MR) is 60.5 cm³/mol. The molecule has 76 valence electrons. The van der Waals surface area contributed by atoms with E-state index in [1.165, 1.54) is 0 Å². The van der Waals surface area contributed by atoms with Gasteiger partial charge in [0.15, 0.2) is 0 Å². The molecule has 1 aliphatic rings. The van der Waals surface area contributed by atoms with Gasteiger partial charge in [0.1, 0.15) is 0 Å². The van der Waals surface area contributed by atoms with Crippen molar-refractivity contribution in [2.75, 3.05) is 18.0 Å². The molecule has 0 atom stereocenters. The highest BCUT2D eigenvalue weighted by Gasteiger charge is 2.19. The van der Waals surface area contributed by atoms with Crippen molar-refractivity contribution in [2.45, 2.75) is 0 Å². The predicted octanol–water partition coefficient (Wildman–Crippen LogP) is 1.90. The molecule has 1 aliphatic heterocycles. The Morgan fingerprint density at radius 2 is 1.93 bits per heavy atom. The van der Waals surface area contributed by atoms with E-state index in [-0.39, 0.29) is 0 Å². The molecular formula is C11H10ClN3. The van der Waals surface area contributed by atoms with Crippen molar-refractivity contribution in [3.05, 3.63) is 40.6 Å². The molecule has 4 heteroatoms. The Kier molecular flexibility index (Phi) is 2.53. The number of nitrogens with two attached hydrogens (primary N) is 1. The van der Waals surface area contributed by atoms with E-state index in [4.69, 9.17) is 22.6 Å². The van der Waals surface area contributed by atoms with Crippen LogP contribution in [0.15, 0.2) is 35.5 Å². The molecule has 1 heterocycles. The van der Waals surface area contributed by atoms with Crippen LogP contribution < -0.4 is 10.6 Å². The number of hydrogen-bond donors (Lipinski definition) is 1. The fourth-order valence-electron chi connectivity index (χ4n) is 1.59. The maximum absolute atomic E-state index is 8.81. The average molecular weight is 220 g/mol. The van der Waals surface area contributed by atoms with Crippen molar-refractivity contribution in [1.82, 2.24) is 0 Å². The molecule has 15 heavy (non-hydrogen) atoms. The number of rotatable bonds is 1. The molecule has 0 saturated heterocycles. The highest BCUT2D eigenvalue weighted by Crippen LogP contribution is 2.23. The van der Waals surface area contributed by atoms with Gasteiger partial charge in [-0.25, -0.2) is 0 Å². The van der Waals surface area contributed by atoms with Gasteiger partial charge in [-0.2, -0.15) is 5.26 Å². The number of anilines is 1. The van der Waals surface area contributed by atoms with Gasteiger partial charge >= 0.3 is 0 Å². The van der Waals surface area contributed by atoms with Crippen LogP contribution in [0, 0.1) is 11.3 Å². The van der Waals surface area contributed by atoms with Crippen molar-refractivity contribution < 1.29 is 0 Å². The molecule has 0 fully saturated rings. The summed E-state index contributed by atoms with van der Waals surface area (Å²) in [5.41, 5.74) is 8.09. The summed E-state index contributed by atoms with van der Waals surface area (Å²) in [6, 6.07) is 9.63. The van der Waals surface area contributed by atoms with Gasteiger partial charge in [0.05, 0.1) is 24.7 Å². The summed E-state index contributed by atoms with van der Waals surface area (Å²) in [4.78, 5) is 2.05. The first-order chi connectivity index (χ1) is 7.20. The quantitative estimate of drug-likeness (QED) is 0.785. The van der Waals surface area contributed by atoms with E-state index in [2.05, 4.69) is 6.07 Å². The molecule has 0 aromatic heterocycles. The first-order valence-corrected chi connectivity index (χ1v) is 4.96. The summed E-state index contributed by atoms with van der Waals surface area (Å²) in [6.07, 6.45) is 0. The lowest BCUT2D eigenvalue weighted by Crippen LogP contribution is -2.21. The Bertz CT molecular complexity index is 442. The third kappa shape index (κ3) is 1.90. The van der Waals surface area contributed by atoms with E-state index in [0.717, 1.165) is 5.69 Å². The van der Waals surface area contributed by atoms with Gasteiger partial charge in [0.2, 0.25) is 0 Å². The molecule has 3 nitrogen and oxygen atoms in total. The lowest BCUT2D eigenvalue weighted by atomic mass is 10.3. The monoisotopic (exact) mass is 219 g/mol. The van der Waals surface area contributed by atoms with Crippen molar-refractivity contribution in [3.8, 4) is 6.07 Å². The van der Waals surface area contributed by atoms with Crippen LogP contribution in [0.5, 0.6) is 0 Å². The highest BCUT2D eigenvalue weighted by atomic mass is 35.5. The largest absolute Gasteiger partial charge is 0.400 e. The number of halogens is 1. The van der Waals surface area contributed by atoms with E-state index in [9.17, 15) is 0 Å². The Morgan fingerprint density at radius 1 is 1.27 bits per heavy atom. The van der Waals surface area contributed by atoms with E-state index >= 15 is 0 Å². The Morgan fingerprint density at radius 3 is 2.47 bits per heavy atom. The molecule has 0 amide bonds. The molecule has 1 aromatic rings. The normalized spacial score (nSPS) is 15.6. The van der Waals surface area contributed by atoms with Crippen molar-refractivity contribution >= 4 is 17.3 Å². The maximum Gasteiger partial charge on any atom is 0.0985 e. The Hall–Kier alpha value is -1.66. The topological polar surface area (TPSA) is 53.1 Å². The van der Waals surface area contributed by atoms with Crippen molar-refractivity contribution in [1.29, 1.82) is 5.26 Å². The molecule has 0 aliphatic carbocycles. The Balaban J connectivity index is 2.18. The minimum atomic E-state index is 0.587. The summed E-state index contributed by atoms with van der Waals surface area (Å²) < 4.78 is 0. The van der Waals surface area contributed by atoms with E-state index in [1.807, 2.05) is 29.2 Å². The second-order valence-corrected chi connectivity index (χ2v) is 3.88. The minimum Gasteiger partial charge on any atom is -0.400 e. The maximum atomic E-state index is 8.81. The average Bonchev–Trinajstić information content (AvgIpc) is 2.61. The van der Waals surface area contributed by atoms with Crippen molar-refractivity contribution in [3.63, 3.8) is 0 Å². The van der Waals surface area contributed by atoms with Crippen LogP contribution in [0.1, 0.15) is 0 Å². The smallest absolute Gasteiger partial charge is 0.0985 e. The third-order valence-electron chi connectivity index (χ3n) is 2.42. The van der Waals surface area contributed by atoms with Crippen LogP contribution >= 0.6 is 11.6 Å². The third-order valence-corrected chi connectivity index (χ3v) is 2.68. The summed E-state index contributed by atoms with van der Waals surface area (Å²) >= 11 is 5.80. The number of nitriles is 1. The standard InChI is InChI=1S/C11H10ClN3/c12-9-1-3-10(4-2-9)15-6-8(5-13)11(14)7-15/h1-4H,6-7,14H2. The van der Waals surface area contributed by atoms with Gasteiger partial charge in [0.25, 0.3) is 0 Å². The molecule has 0 bridgehead atoms. The van der Waals surface area contributed by atoms with Gasteiger partial charge in [-0.1, -0.05) is 11.6 Å². The zero-order valence-corrected chi connectivity index (χ0v) is 8.83. The fourth-order valence-corrected chi connectivity index (χ4v) is 1.72. The zero-order valence-electron chi connectivity index (χ0n) is 8.07. The Labute approximate surface area is 93.4 Å². The first-order valence-electron chi connectivity index (χ1n) is 4.59. The summed E-state index contributed by atoms with van der Waals surface area (Å²) in [6.45, 7) is 1.20. The fraction of sp³-hybridized carbons (Fsp3) is 0.182. The van der Waals surface area contributed by atoms with E-state index in [0.29, 0.717) is 29.4 Å². The van der Waals surface area contributed by atoms with Gasteiger partial charge in [0, 0.05) is 16.4 Å². The second kappa shape index (κ2) is 3.84. The summed E-state index contributed by atoms with van der Waals surface area (Å²) in [7, 11) is 0. The van der Waals surface area contributed by atoms with Gasteiger partial charge in [-0.3, -0.25) is 0 Å². The van der Waals surface area contributed by atoms with Gasteiger partial charge in [-0.15, -0.1) is 0 Å². The van der Waals surface area contributed by atoms with E-state index in [1.54, 1.807) is 0 Å². The molecule has 2 N–H and O–H groups in total. The van der Waals surface area contributed by atoms with Crippen LogP contribution in [0.2, 0.25) is 5.02 Å². The number of nitrogens with zero attached hydrogens (tertiary/aromatic N) is 2. The van der Waals surface area contributed by atoms with Crippen LogP contribution in [0.3, 0.4) is 0 Å². The first kappa shape index (κ1) is 9.88. The van der Waals surface area contributed by atoms with Gasteiger partial charge in [-0.05, 0) is 24.3 Å². The minimum absolute atomic E-state index is 0.587. The number of hydrogen-bond acceptors (Lipinski definition) is 3. The lowest BCUT2D eigenvalue weighted by molar-refractivity contribution is 0.975. The van der Waals surface area contributed by atoms with Crippen LogP contribution in [0.25, 0.3) is 0 Å². The summed E-state index contributed by atoms with van der Waals surface area (Å²) in [5.74, 6) is 0. The molecule has 0 spiro atoms. The molecule has 0 unspecified atom stereocenters. The highest BCUT2D eigenvalue weighted by molar-refractivity contribution is 6.30. The van der Waals surface area contributed by atoms with Gasteiger partial charge < -0.3 is 10.6 Å². The molecule has 1 aromatic carbocycles. The number of benzene rings is 1. The molecule has 2 rings (SSSR count). The lowest BCUT2D eigenvalue weighted by Gasteiger charge is -2.17. The molecule has 0 radical (unpaired) electrons. The van der Waals surface area contributed by atoms with Crippen LogP contribution in [-0.4, -0.2) is 13.1 Å². The van der Waals surface area contributed by atoms with Crippen LogP contribution in [0.4, 0.5) is 5.69 Å². The SMILES string of the molecule is N#CC1=C(N)CN(c2ccc(Cl)cc2)C1.